The maximum atomic E-state index is 13.2. The van der Waals surface area contributed by atoms with Crippen molar-refractivity contribution in [3.8, 4) is 11.1 Å². The summed E-state index contributed by atoms with van der Waals surface area (Å²) in [5.41, 5.74) is 2.29. The summed E-state index contributed by atoms with van der Waals surface area (Å²) in [5.74, 6) is -0.0258. The average molecular weight is 411 g/mol. The van der Waals surface area contributed by atoms with Gasteiger partial charge >= 0.3 is 0 Å². The van der Waals surface area contributed by atoms with E-state index >= 15 is 0 Å². The molecule has 7 heteroatoms. The van der Waals surface area contributed by atoms with Crippen molar-refractivity contribution in [3.63, 3.8) is 0 Å². The molecule has 0 fully saturated rings. The number of H-pyrrole nitrogens is 1. The topological polar surface area (TPSA) is 49.0 Å². The van der Waals surface area contributed by atoms with Crippen LogP contribution in [0.4, 0.5) is 8.78 Å². The van der Waals surface area contributed by atoms with Gasteiger partial charge < -0.3 is 4.98 Å². The Balaban J connectivity index is 1.61. The quantitative estimate of drug-likeness (QED) is 0.496. The number of thiophene rings is 1. The maximum absolute atomic E-state index is 13.2. The van der Waals surface area contributed by atoms with E-state index in [4.69, 9.17) is 0 Å². The molecule has 1 N–H and O–H groups in total. The molecule has 0 aliphatic rings. The largest absolute Gasteiger partial charge is 0.309 e. The van der Waals surface area contributed by atoms with Crippen molar-refractivity contribution < 1.29 is 8.78 Å². The van der Waals surface area contributed by atoms with Gasteiger partial charge in [0.1, 0.15) is 22.3 Å². The van der Waals surface area contributed by atoms with Gasteiger partial charge in [-0.05, 0) is 49.4 Å². The number of halogens is 2. The minimum absolute atomic E-state index is 0.0229. The summed E-state index contributed by atoms with van der Waals surface area (Å²) in [4.78, 5) is 22.9. The molecule has 0 spiro atoms. The molecule has 0 aliphatic carbocycles. The Kier molecular flexibility index (Phi) is 5.25. The third-order valence-corrected chi connectivity index (χ3v) is 5.93. The molecule has 0 saturated heterocycles. The number of rotatable bonds is 5. The van der Waals surface area contributed by atoms with Crippen LogP contribution in [0.3, 0.4) is 0 Å². The molecule has 2 heterocycles. The van der Waals surface area contributed by atoms with Gasteiger partial charge in [0.05, 0.1) is 11.9 Å². The van der Waals surface area contributed by atoms with Gasteiger partial charge in [-0.1, -0.05) is 24.3 Å². The van der Waals surface area contributed by atoms with Crippen molar-refractivity contribution in [3.05, 3.63) is 87.3 Å². The van der Waals surface area contributed by atoms with Gasteiger partial charge in [0, 0.05) is 17.0 Å². The number of nitrogens with one attached hydrogen (secondary N) is 1. The van der Waals surface area contributed by atoms with E-state index in [0.717, 1.165) is 16.7 Å². The van der Waals surface area contributed by atoms with Crippen molar-refractivity contribution in [1.82, 2.24) is 14.9 Å². The van der Waals surface area contributed by atoms with Crippen LogP contribution in [0.25, 0.3) is 21.3 Å². The summed E-state index contributed by atoms with van der Waals surface area (Å²) < 4.78 is 26.4. The molecule has 0 bridgehead atoms. The fourth-order valence-corrected chi connectivity index (χ4v) is 4.25. The van der Waals surface area contributed by atoms with E-state index in [-0.39, 0.29) is 23.2 Å². The lowest BCUT2D eigenvalue weighted by molar-refractivity contribution is 0.247. The first-order chi connectivity index (χ1) is 13.9. The Morgan fingerprint density at radius 3 is 2.34 bits per heavy atom. The minimum atomic E-state index is -0.319. The van der Waals surface area contributed by atoms with E-state index < -0.39 is 0 Å². The molecule has 0 radical (unpaired) electrons. The molecular weight excluding hydrogens is 392 g/mol. The van der Waals surface area contributed by atoms with E-state index in [9.17, 15) is 13.6 Å². The van der Waals surface area contributed by atoms with Gasteiger partial charge in [0.15, 0.2) is 0 Å². The molecule has 148 valence electrons. The van der Waals surface area contributed by atoms with Crippen LogP contribution >= 0.6 is 11.3 Å². The Labute approximate surface area is 170 Å². The number of nitrogens with zero attached hydrogens (tertiary/aromatic N) is 2. The number of hydrogen-bond donors (Lipinski definition) is 1. The first-order valence-corrected chi connectivity index (χ1v) is 10.0. The molecule has 0 saturated carbocycles. The number of hydrogen-bond acceptors (Lipinski definition) is 4. The van der Waals surface area contributed by atoms with Gasteiger partial charge in [-0.25, -0.2) is 13.8 Å². The Hall–Kier alpha value is -2.90. The van der Waals surface area contributed by atoms with E-state index in [1.165, 1.54) is 35.6 Å². The molecule has 0 amide bonds. The third-order valence-electron chi connectivity index (χ3n) is 5.06. The third kappa shape index (κ3) is 3.97. The molecule has 4 rings (SSSR count). The van der Waals surface area contributed by atoms with Crippen molar-refractivity contribution in [2.45, 2.75) is 19.5 Å². The highest BCUT2D eigenvalue weighted by Gasteiger charge is 2.16. The molecule has 2 aromatic carbocycles. The zero-order valence-corrected chi connectivity index (χ0v) is 16.8. The summed E-state index contributed by atoms with van der Waals surface area (Å²) in [7, 11) is 1.93. The summed E-state index contributed by atoms with van der Waals surface area (Å²) in [5, 5.41) is 2.38. The highest BCUT2D eigenvalue weighted by molar-refractivity contribution is 7.17. The molecule has 1 atom stereocenters. The fraction of sp³-hybridized carbons (Fsp3) is 0.182. The summed E-state index contributed by atoms with van der Waals surface area (Å²) >= 11 is 1.39. The second-order valence-corrected chi connectivity index (χ2v) is 7.85. The Morgan fingerprint density at radius 1 is 1.07 bits per heavy atom. The van der Waals surface area contributed by atoms with Gasteiger partial charge in [-0.15, -0.1) is 11.3 Å². The van der Waals surface area contributed by atoms with Crippen LogP contribution in [0, 0.1) is 11.6 Å². The molecule has 4 aromatic rings. The van der Waals surface area contributed by atoms with Crippen LogP contribution in [0.2, 0.25) is 0 Å². The van der Waals surface area contributed by atoms with Crippen molar-refractivity contribution in [2.24, 2.45) is 0 Å². The predicted octanol–water partition coefficient (Wildman–Crippen LogP) is 5.12. The van der Waals surface area contributed by atoms with Crippen LogP contribution in [0.1, 0.15) is 24.4 Å². The summed E-state index contributed by atoms with van der Waals surface area (Å²) in [6, 6.07) is 12.5. The van der Waals surface area contributed by atoms with Crippen LogP contribution < -0.4 is 5.56 Å². The number of aromatic nitrogens is 2. The van der Waals surface area contributed by atoms with Crippen LogP contribution in [-0.2, 0) is 6.54 Å². The zero-order chi connectivity index (χ0) is 20.5. The minimum Gasteiger partial charge on any atom is -0.309 e. The summed E-state index contributed by atoms with van der Waals surface area (Å²) in [6.07, 6.45) is 0. The smallest absolute Gasteiger partial charge is 0.260 e. The monoisotopic (exact) mass is 411 g/mol. The molecule has 0 aliphatic heterocycles. The van der Waals surface area contributed by atoms with Crippen molar-refractivity contribution in [2.75, 3.05) is 7.05 Å². The number of benzene rings is 2. The first-order valence-electron chi connectivity index (χ1n) is 9.14. The lowest BCUT2D eigenvalue weighted by atomic mass is 10.1. The zero-order valence-electron chi connectivity index (χ0n) is 15.9. The van der Waals surface area contributed by atoms with Crippen molar-refractivity contribution in [1.29, 1.82) is 0 Å². The molecule has 29 heavy (non-hydrogen) atoms. The highest BCUT2D eigenvalue weighted by Crippen LogP contribution is 2.31. The van der Waals surface area contributed by atoms with Crippen LogP contribution in [0.5, 0.6) is 0 Å². The van der Waals surface area contributed by atoms with Crippen molar-refractivity contribution >= 4 is 21.6 Å². The molecular formula is C22H19F2N3OS. The first kappa shape index (κ1) is 19.4. The number of aromatic amines is 1. The van der Waals surface area contributed by atoms with Gasteiger partial charge in [-0.2, -0.15) is 0 Å². The van der Waals surface area contributed by atoms with Gasteiger partial charge in [0.25, 0.3) is 5.56 Å². The molecule has 2 aromatic heterocycles. The Morgan fingerprint density at radius 2 is 1.69 bits per heavy atom. The van der Waals surface area contributed by atoms with Gasteiger partial charge in [0.2, 0.25) is 0 Å². The fourth-order valence-electron chi connectivity index (χ4n) is 3.28. The SMILES string of the molecule is C[C@@H](c1ccc(F)cc1)N(C)Cc1nc2scc(-c3ccc(F)cc3)c2c(=O)[nH]1. The normalized spacial score (nSPS) is 12.6. The maximum Gasteiger partial charge on any atom is 0.260 e. The van der Waals surface area contributed by atoms with E-state index in [1.807, 2.05) is 24.3 Å². The van der Waals surface area contributed by atoms with Gasteiger partial charge in [-0.3, -0.25) is 9.69 Å². The second-order valence-electron chi connectivity index (χ2n) is 6.99. The lowest BCUT2D eigenvalue weighted by Crippen LogP contribution is -2.24. The van der Waals surface area contributed by atoms with Crippen LogP contribution in [0.15, 0.2) is 58.7 Å². The summed E-state index contributed by atoms with van der Waals surface area (Å²) in [6.45, 7) is 2.45. The van der Waals surface area contributed by atoms with E-state index in [0.29, 0.717) is 22.6 Å². The molecule has 4 nitrogen and oxygen atoms in total. The van der Waals surface area contributed by atoms with E-state index in [1.54, 1.807) is 24.3 Å². The Bertz CT molecular complexity index is 1200. The van der Waals surface area contributed by atoms with Crippen LogP contribution in [-0.4, -0.2) is 21.9 Å². The molecule has 0 unspecified atom stereocenters. The second kappa shape index (κ2) is 7.85. The standard InChI is InChI=1S/C22H19F2N3OS/c1-13(14-3-7-16(23)8-4-14)27(2)11-19-25-21(28)20-18(12-29-22(20)26-19)15-5-9-17(24)10-6-15/h3-10,12-13H,11H2,1-2H3,(H,25,26,28)/t13-/m0/s1. The lowest BCUT2D eigenvalue weighted by Gasteiger charge is -2.24. The average Bonchev–Trinajstić information content (AvgIpc) is 3.13. The highest BCUT2D eigenvalue weighted by atomic mass is 32.1. The van der Waals surface area contributed by atoms with E-state index in [2.05, 4.69) is 9.97 Å². The predicted molar refractivity (Wildman–Crippen MR) is 112 cm³/mol. The number of fused-ring (bicyclic) bond motifs is 1.